The first kappa shape index (κ1) is 3.96. The van der Waals surface area contributed by atoms with E-state index in [1.165, 1.54) is 11.3 Å². The standard InChI is InChI=1S/C3HN3OS/c1-4-2-3(8-1)6-7-5-2/h1H. The summed E-state index contributed by atoms with van der Waals surface area (Å²) in [7, 11) is 0. The second-order valence-corrected chi connectivity index (χ2v) is 2.08. The number of hydrogen-bond donors (Lipinski definition) is 0. The van der Waals surface area contributed by atoms with E-state index in [9.17, 15) is 0 Å². The second-order valence-electron chi connectivity index (χ2n) is 1.25. The molecule has 8 heavy (non-hydrogen) atoms. The predicted molar refractivity (Wildman–Crippen MR) is 27.5 cm³/mol. The minimum absolute atomic E-state index is 0.593. The number of fused-ring (bicyclic) bond motifs is 1. The van der Waals surface area contributed by atoms with Gasteiger partial charge in [0.05, 0.1) is 5.51 Å². The predicted octanol–water partition coefficient (Wildman–Crippen LogP) is 0.679. The Morgan fingerprint density at radius 1 is 1.50 bits per heavy atom. The lowest BCUT2D eigenvalue weighted by Crippen LogP contribution is -1.58. The van der Waals surface area contributed by atoms with Crippen molar-refractivity contribution in [2.75, 3.05) is 0 Å². The van der Waals surface area contributed by atoms with Gasteiger partial charge in [-0.15, -0.1) is 0 Å². The monoisotopic (exact) mass is 127 g/mol. The molecule has 2 aromatic heterocycles. The molecule has 2 rings (SSSR count). The van der Waals surface area contributed by atoms with Crippen LogP contribution in [0.15, 0.2) is 10.1 Å². The maximum atomic E-state index is 4.35. The SMILES string of the molecule is c1nc2nonc2s1. The molecule has 0 saturated carbocycles. The summed E-state index contributed by atoms with van der Waals surface area (Å²) < 4.78 is 4.35. The number of nitrogens with zero attached hydrogens (tertiary/aromatic N) is 3. The maximum absolute atomic E-state index is 4.35. The van der Waals surface area contributed by atoms with Gasteiger partial charge in [0, 0.05) is 0 Å². The van der Waals surface area contributed by atoms with E-state index in [0.717, 1.165) is 4.83 Å². The van der Waals surface area contributed by atoms with Crippen LogP contribution in [0.5, 0.6) is 0 Å². The van der Waals surface area contributed by atoms with Crippen LogP contribution >= 0.6 is 11.3 Å². The molecule has 0 fully saturated rings. The van der Waals surface area contributed by atoms with E-state index >= 15 is 0 Å². The quantitative estimate of drug-likeness (QED) is 0.522. The Hall–Kier alpha value is -0.970. The summed E-state index contributed by atoms with van der Waals surface area (Å²) >= 11 is 1.42. The van der Waals surface area contributed by atoms with Gasteiger partial charge in [0.15, 0.2) is 0 Å². The molecule has 0 unspecified atom stereocenters. The van der Waals surface area contributed by atoms with Crippen molar-refractivity contribution in [3.8, 4) is 0 Å². The molecule has 0 aliphatic carbocycles. The van der Waals surface area contributed by atoms with Crippen LogP contribution in [-0.2, 0) is 0 Å². The fourth-order valence-corrected chi connectivity index (χ4v) is 0.979. The van der Waals surface area contributed by atoms with Gasteiger partial charge in [-0.25, -0.2) is 9.61 Å². The first-order valence-electron chi connectivity index (χ1n) is 1.98. The third-order valence-corrected chi connectivity index (χ3v) is 1.47. The Balaban J connectivity index is 3.06. The largest absolute Gasteiger partial charge is 0.241 e. The van der Waals surface area contributed by atoms with Crippen molar-refractivity contribution in [2.24, 2.45) is 0 Å². The average Bonchev–Trinajstić information content (AvgIpc) is 2.15. The second kappa shape index (κ2) is 1.25. The van der Waals surface area contributed by atoms with Crippen molar-refractivity contribution >= 4 is 21.8 Å². The highest BCUT2D eigenvalue weighted by atomic mass is 32.1. The Kier molecular flexibility index (Phi) is 0.621. The van der Waals surface area contributed by atoms with Crippen LogP contribution in [0.1, 0.15) is 0 Å². The average molecular weight is 127 g/mol. The zero-order valence-corrected chi connectivity index (χ0v) is 4.55. The van der Waals surface area contributed by atoms with Crippen molar-refractivity contribution in [1.82, 2.24) is 15.3 Å². The minimum atomic E-state index is 0.593. The van der Waals surface area contributed by atoms with Gasteiger partial charge in [0.1, 0.15) is 0 Å². The van der Waals surface area contributed by atoms with Gasteiger partial charge in [-0.2, -0.15) is 0 Å². The third kappa shape index (κ3) is 0.362. The fraction of sp³-hybridized carbons (Fsp3) is 0. The molecule has 0 N–H and O–H groups in total. The molecule has 0 spiro atoms. The fourth-order valence-electron chi connectivity index (χ4n) is 0.455. The van der Waals surface area contributed by atoms with Gasteiger partial charge >= 0.3 is 0 Å². The van der Waals surface area contributed by atoms with Crippen molar-refractivity contribution in [2.45, 2.75) is 0 Å². The molecule has 2 aromatic rings. The summed E-state index contributed by atoms with van der Waals surface area (Å²) in [5, 5.41) is 7.04. The lowest BCUT2D eigenvalue weighted by molar-refractivity contribution is 0.315. The molecular formula is C3HN3OS. The molecule has 0 amide bonds. The lowest BCUT2D eigenvalue weighted by atomic mass is 10.8. The van der Waals surface area contributed by atoms with E-state index in [1.807, 2.05) is 0 Å². The van der Waals surface area contributed by atoms with Crippen LogP contribution in [0.3, 0.4) is 0 Å². The van der Waals surface area contributed by atoms with E-state index in [2.05, 4.69) is 19.9 Å². The summed E-state index contributed by atoms with van der Waals surface area (Å²) in [6.45, 7) is 0. The minimum Gasteiger partial charge on any atom is -0.241 e. The van der Waals surface area contributed by atoms with E-state index in [0.29, 0.717) is 5.65 Å². The Bertz CT molecular complexity index is 236. The molecule has 4 nitrogen and oxygen atoms in total. The topological polar surface area (TPSA) is 51.8 Å². The van der Waals surface area contributed by atoms with Crippen LogP contribution in [0, 0.1) is 0 Å². The van der Waals surface area contributed by atoms with Crippen LogP contribution in [0.2, 0.25) is 0 Å². The molecule has 0 aliphatic rings. The summed E-state index contributed by atoms with van der Waals surface area (Å²) in [6.07, 6.45) is 0. The highest BCUT2D eigenvalue weighted by molar-refractivity contribution is 7.16. The normalized spacial score (nSPS) is 10.5. The van der Waals surface area contributed by atoms with E-state index in [4.69, 9.17) is 0 Å². The van der Waals surface area contributed by atoms with Crippen LogP contribution in [0.4, 0.5) is 0 Å². The van der Waals surface area contributed by atoms with Crippen molar-refractivity contribution in [3.63, 3.8) is 0 Å². The highest BCUT2D eigenvalue weighted by Crippen LogP contribution is 2.10. The zero-order valence-electron chi connectivity index (χ0n) is 3.74. The summed E-state index contributed by atoms with van der Waals surface area (Å²) in [4.78, 5) is 4.58. The van der Waals surface area contributed by atoms with Gasteiger partial charge in [0.25, 0.3) is 0 Å². The molecule has 2 heterocycles. The summed E-state index contributed by atoms with van der Waals surface area (Å²) in [5.41, 5.74) is 2.27. The van der Waals surface area contributed by atoms with Gasteiger partial charge in [-0.05, 0) is 10.3 Å². The first-order valence-corrected chi connectivity index (χ1v) is 2.86. The number of thiazole rings is 1. The van der Waals surface area contributed by atoms with Gasteiger partial charge in [-0.1, -0.05) is 11.3 Å². The maximum Gasteiger partial charge on any atom is 0.235 e. The molecule has 40 valence electrons. The smallest absolute Gasteiger partial charge is 0.235 e. The van der Waals surface area contributed by atoms with E-state index in [1.54, 1.807) is 5.51 Å². The van der Waals surface area contributed by atoms with Crippen LogP contribution in [-0.4, -0.2) is 15.3 Å². The van der Waals surface area contributed by atoms with Gasteiger partial charge in [-0.3, -0.25) is 0 Å². The highest BCUT2D eigenvalue weighted by Gasteiger charge is 1.98. The molecule has 0 radical (unpaired) electrons. The Labute approximate surface area is 48.1 Å². The molecule has 0 aromatic carbocycles. The van der Waals surface area contributed by atoms with Crippen LogP contribution < -0.4 is 0 Å². The van der Waals surface area contributed by atoms with Gasteiger partial charge < -0.3 is 0 Å². The molecular weight excluding hydrogens is 126 g/mol. The number of rotatable bonds is 0. The Morgan fingerprint density at radius 3 is 3.38 bits per heavy atom. The lowest BCUT2D eigenvalue weighted by Gasteiger charge is -1.54. The molecule has 0 aliphatic heterocycles. The summed E-state index contributed by atoms with van der Waals surface area (Å²) in [5.74, 6) is 0. The third-order valence-electron chi connectivity index (χ3n) is 0.782. The van der Waals surface area contributed by atoms with Crippen molar-refractivity contribution in [3.05, 3.63) is 5.51 Å². The van der Waals surface area contributed by atoms with Crippen molar-refractivity contribution < 1.29 is 4.63 Å². The van der Waals surface area contributed by atoms with Crippen LogP contribution in [0.25, 0.3) is 10.5 Å². The number of hydrogen-bond acceptors (Lipinski definition) is 5. The molecule has 0 atom stereocenters. The number of aromatic nitrogens is 3. The van der Waals surface area contributed by atoms with E-state index < -0.39 is 0 Å². The molecule has 0 saturated heterocycles. The molecule has 5 heteroatoms. The van der Waals surface area contributed by atoms with Crippen molar-refractivity contribution in [1.29, 1.82) is 0 Å². The summed E-state index contributed by atoms with van der Waals surface area (Å²) in [6, 6.07) is 0. The first-order chi connectivity index (χ1) is 3.97. The zero-order chi connectivity index (χ0) is 5.40. The van der Waals surface area contributed by atoms with E-state index in [-0.39, 0.29) is 0 Å². The Morgan fingerprint density at radius 2 is 2.50 bits per heavy atom. The molecule has 0 bridgehead atoms. The van der Waals surface area contributed by atoms with Gasteiger partial charge in [0.2, 0.25) is 10.5 Å².